The molecule has 0 bridgehead atoms. The van der Waals surface area contributed by atoms with Crippen molar-refractivity contribution in [2.45, 2.75) is 6.54 Å². The number of hydrogen-bond donors (Lipinski definition) is 0. The Bertz CT molecular complexity index is 821. The molecule has 4 aromatic rings. The van der Waals surface area contributed by atoms with Crippen LogP contribution in [0.2, 0.25) is 0 Å². The van der Waals surface area contributed by atoms with Gasteiger partial charge in [-0.05, 0) is 29.7 Å². The molecule has 2 heteroatoms. The highest BCUT2D eigenvalue weighted by atomic mass is 16.3. The number of fused-ring (bicyclic) bond motifs is 2. The minimum atomic E-state index is 0.766. The molecule has 0 saturated heterocycles. The van der Waals surface area contributed by atoms with Crippen molar-refractivity contribution in [1.82, 2.24) is 4.57 Å². The molecule has 0 N–H and O–H groups in total. The van der Waals surface area contributed by atoms with Gasteiger partial charge in [0, 0.05) is 17.1 Å². The summed E-state index contributed by atoms with van der Waals surface area (Å²) in [6, 6.07) is 20.8. The summed E-state index contributed by atoms with van der Waals surface area (Å²) >= 11 is 0. The summed E-state index contributed by atoms with van der Waals surface area (Å²) in [5, 5.41) is 2.42. The van der Waals surface area contributed by atoms with Gasteiger partial charge in [0.05, 0.1) is 6.54 Å². The largest absolute Gasteiger partial charge is 0.459 e. The van der Waals surface area contributed by atoms with Crippen molar-refractivity contribution >= 4 is 21.9 Å². The molecule has 0 aliphatic heterocycles. The van der Waals surface area contributed by atoms with E-state index in [2.05, 4.69) is 53.2 Å². The van der Waals surface area contributed by atoms with Gasteiger partial charge in [-0.3, -0.25) is 0 Å². The monoisotopic (exact) mass is 247 g/mol. The fourth-order valence-electron chi connectivity index (χ4n) is 2.56. The van der Waals surface area contributed by atoms with Crippen LogP contribution in [0, 0.1) is 0 Å². The summed E-state index contributed by atoms with van der Waals surface area (Å²) < 4.78 is 8.08. The Kier molecular flexibility index (Phi) is 2.21. The van der Waals surface area contributed by atoms with Crippen molar-refractivity contribution in [2.24, 2.45) is 0 Å². The molecule has 0 fully saturated rings. The summed E-state index contributed by atoms with van der Waals surface area (Å²) in [5.74, 6) is 0.988. The third-order valence-corrected chi connectivity index (χ3v) is 3.48. The lowest BCUT2D eigenvalue weighted by atomic mass is 10.2. The zero-order chi connectivity index (χ0) is 12.7. The van der Waals surface area contributed by atoms with Gasteiger partial charge in [-0.25, -0.2) is 0 Å². The average molecular weight is 247 g/mol. The maximum Gasteiger partial charge on any atom is 0.134 e. The highest BCUT2D eigenvalue weighted by Gasteiger charge is 2.05. The number of benzene rings is 2. The summed E-state index contributed by atoms with van der Waals surface area (Å²) in [5.41, 5.74) is 2.19. The SMILES string of the molecule is c1ccc2oc(Cn3ccc4ccccc43)cc2c1. The Morgan fingerprint density at radius 2 is 1.63 bits per heavy atom. The molecule has 2 aromatic carbocycles. The van der Waals surface area contributed by atoms with Crippen molar-refractivity contribution in [3.63, 3.8) is 0 Å². The van der Waals surface area contributed by atoms with E-state index in [0.717, 1.165) is 23.3 Å². The van der Waals surface area contributed by atoms with Gasteiger partial charge in [0.2, 0.25) is 0 Å². The second kappa shape index (κ2) is 4.02. The van der Waals surface area contributed by atoms with E-state index in [1.807, 2.05) is 18.2 Å². The first kappa shape index (κ1) is 10.4. The molecule has 0 unspecified atom stereocenters. The average Bonchev–Trinajstić information content (AvgIpc) is 3.03. The van der Waals surface area contributed by atoms with Crippen LogP contribution in [0.4, 0.5) is 0 Å². The molecule has 4 rings (SSSR count). The fraction of sp³-hybridized carbons (Fsp3) is 0.0588. The van der Waals surface area contributed by atoms with Crippen LogP contribution in [-0.2, 0) is 6.54 Å². The Labute approximate surface area is 110 Å². The first-order chi connectivity index (χ1) is 9.40. The van der Waals surface area contributed by atoms with Crippen LogP contribution < -0.4 is 0 Å². The van der Waals surface area contributed by atoms with Crippen LogP contribution in [0.25, 0.3) is 21.9 Å². The summed E-state index contributed by atoms with van der Waals surface area (Å²) in [6.07, 6.45) is 2.11. The molecule has 2 aromatic heterocycles. The standard InChI is InChI=1S/C17H13NO/c1-3-7-16-13(5-1)9-10-18(16)12-15-11-14-6-2-4-8-17(14)19-15/h1-11H,12H2. The molecule has 0 spiro atoms. The predicted molar refractivity (Wildman–Crippen MR) is 77.3 cm³/mol. The van der Waals surface area contributed by atoms with Gasteiger partial charge in [-0.15, -0.1) is 0 Å². The third kappa shape index (κ3) is 1.73. The van der Waals surface area contributed by atoms with E-state index in [-0.39, 0.29) is 0 Å². The first-order valence-corrected chi connectivity index (χ1v) is 6.41. The van der Waals surface area contributed by atoms with Gasteiger partial charge in [0.1, 0.15) is 11.3 Å². The summed E-state index contributed by atoms with van der Waals surface area (Å²) in [4.78, 5) is 0. The molecular formula is C17H13NO. The predicted octanol–water partition coefficient (Wildman–Crippen LogP) is 4.44. The van der Waals surface area contributed by atoms with E-state index in [9.17, 15) is 0 Å². The number of aromatic nitrogens is 1. The van der Waals surface area contributed by atoms with Crippen LogP contribution in [0.5, 0.6) is 0 Å². The van der Waals surface area contributed by atoms with Crippen LogP contribution in [-0.4, -0.2) is 4.57 Å². The van der Waals surface area contributed by atoms with Gasteiger partial charge < -0.3 is 8.98 Å². The maximum absolute atomic E-state index is 5.87. The minimum absolute atomic E-state index is 0.766. The van der Waals surface area contributed by atoms with Gasteiger partial charge >= 0.3 is 0 Å². The van der Waals surface area contributed by atoms with Crippen LogP contribution in [0.15, 0.2) is 71.3 Å². The Morgan fingerprint density at radius 1 is 0.842 bits per heavy atom. The van der Waals surface area contributed by atoms with Crippen molar-refractivity contribution in [1.29, 1.82) is 0 Å². The Hall–Kier alpha value is -2.48. The van der Waals surface area contributed by atoms with Crippen molar-refractivity contribution < 1.29 is 4.42 Å². The van der Waals surface area contributed by atoms with E-state index in [0.29, 0.717) is 0 Å². The molecule has 2 nitrogen and oxygen atoms in total. The molecular weight excluding hydrogens is 234 g/mol. The number of furan rings is 1. The molecule has 19 heavy (non-hydrogen) atoms. The number of nitrogens with zero attached hydrogens (tertiary/aromatic N) is 1. The van der Waals surface area contributed by atoms with Gasteiger partial charge in [-0.2, -0.15) is 0 Å². The second-order valence-electron chi connectivity index (χ2n) is 4.75. The normalized spacial score (nSPS) is 11.4. The van der Waals surface area contributed by atoms with Crippen molar-refractivity contribution in [3.05, 3.63) is 72.6 Å². The zero-order valence-corrected chi connectivity index (χ0v) is 10.4. The topological polar surface area (TPSA) is 18.1 Å². The number of rotatable bonds is 2. The molecule has 92 valence electrons. The second-order valence-corrected chi connectivity index (χ2v) is 4.75. The molecule has 0 atom stereocenters. The number of para-hydroxylation sites is 2. The highest BCUT2D eigenvalue weighted by Crippen LogP contribution is 2.22. The summed E-state index contributed by atoms with van der Waals surface area (Å²) in [6.45, 7) is 0.766. The molecule has 0 aliphatic rings. The van der Waals surface area contributed by atoms with E-state index in [1.54, 1.807) is 0 Å². The zero-order valence-electron chi connectivity index (χ0n) is 10.4. The smallest absolute Gasteiger partial charge is 0.134 e. The van der Waals surface area contributed by atoms with E-state index < -0.39 is 0 Å². The fourth-order valence-corrected chi connectivity index (χ4v) is 2.56. The molecule has 0 amide bonds. The quantitative estimate of drug-likeness (QED) is 0.512. The Balaban J connectivity index is 1.78. The lowest BCUT2D eigenvalue weighted by Gasteiger charge is -2.02. The van der Waals surface area contributed by atoms with Gasteiger partial charge in [0.25, 0.3) is 0 Å². The lowest BCUT2D eigenvalue weighted by molar-refractivity contribution is 0.533. The summed E-state index contributed by atoms with van der Waals surface area (Å²) in [7, 11) is 0. The molecule has 0 saturated carbocycles. The lowest BCUT2D eigenvalue weighted by Crippen LogP contribution is -1.95. The van der Waals surface area contributed by atoms with Gasteiger partial charge in [0.15, 0.2) is 0 Å². The first-order valence-electron chi connectivity index (χ1n) is 6.41. The number of hydrogen-bond acceptors (Lipinski definition) is 1. The molecule has 0 aliphatic carbocycles. The van der Waals surface area contributed by atoms with Gasteiger partial charge in [-0.1, -0.05) is 36.4 Å². The minimum Gasteiger partial charge on any atom is -0.459 e. The molecule has 2 heterocycles. The van der Waals surface area contributed by atoms with Crippen LogP contribution >= 0.6 is 0 Å². The third-order valence-electron chi connectivity index (χ3n) is 3.48. The molecule has 0 radical (unpaired) electrons. The van der Waals surface area contributed by atoms with E-state index in [1.165, 1.54) is 10.9 Å². The van der Waals surface area contributed by atoms with Crippen molar-refractivity contribution in [2.75, 3.05) is 0 Å². The van der Waals surface area contributed by atoms with Crippen LogP contribution in [0.3, 0.4) is 0 Å². The maximum atomic E-state index is 5.87. The van der Waals surface area contributed by atoms with E-state index >= 15 is 0 Å². The van der Waals surface area contributed by atoms with Crippen LogP contribution in [0.1, 0.15) is 5.76 Å². The van der Waals surface area contributed by atoms with E-state index in [4.69, 9.17) is 4.42 Å². The highest BCUT2D eigenvalue weighted by molar-refractivity contribution is 5.80. The van der Waals surface area contributed by atoms with Crippen molar-refractivity contribution in [3.8, 4) is 0 Å². The Morgan fingerprint density at radius 3 is 2.53 bits per heavy atom.